The molecule has 1 unspecified atom stereocenters. The highest BCUT2D eigenvalue weighted by Gasteiger charge is 2.34. The first kappa shape index (κ1) is 33.0. The van der Waals surface area contributed by atoms with Gasteiger partial charge in [0, 0.05) is 28.2 Å². The van der Waals surface area contributed by atoms with Crippen LogP contribution < -0.4 is 9.62 Å². The average Bonchev–Trinajstić information content (AvgIpc) is 2.92. The van der Waals surface area contributed by atoms with Gasteiger partial charge in [0.2, 0.25) is 11.8 Å². The molecule has 0 aliphatic rings. The Bertz CT molecular complexity index is 1490. The summed E-state index contributed by atoms with van der Waals surface area (Å²) in [6.07, 6.45) is 0.272. The zero-order valence-electron chi connectivity index (χ0n) is 22.8. The van der Waals surface area contributed by atoms with Gasteiger partial charge >= 0.3 is 0 Å². The summed E-state index contributed by atoms with van der Waals surface area (Å²) in [4.78, 5) is 28.7. The first-order chi connectivity index (χ1) is 19.3. The summed E-state index contributed by atoms with van der Waals surface area (Å²) < 4.78 is 28.7. The van der Waals surface area contributed by atoms with Crippen molar-refractivity contribution in [3.05, 3.63) is 92.4 Å². The van der Waals surface area contributed by atoms with Gasteiger partial charge < -0.3 is 10.2 Å². The number of hydrogen-bond acceptors (Lipinski definition) is 4. The van der Waals surface area contributed by atoms with Crippen LogP contribution in [0.25, 0.3) is 0 Å². The number of sulfonamides is 1. The predicted molar refractivity (Wildman–Crippen MR) is 166 cm³/mol. The van der Waals surface area contributed by atoms with Gasteiger partial charge in [-0.1, -0.05) is 91.4 Å². The Morgan fingerprint density at radius 3 is 2.05 bits per heavy atom. The zero-order chi connectivity index (χ0) is 30.3. The van der Waals surface area contributed by atoms with Crippen LogP contribution in [0.15, 0.2) is 71.6 Å². The summed E-state index contributed by atoms with van der Waals surface area (Å²) in [5.74, 6) is -0.806. The number of amides is 2. The molecule has 0 aliphatic carbocycles. The molecule has 0 saturated carbocycles. The lowest BCUT2D eigenvalue weighted by Gasteiger charge is -2.33. The minimum atomic E-state index is -4.26. The molecular weight excluding hydrogens is 628 g/mol. The van der Waals surface area contributed by atoms with Gasteiger partial charge in [0.05, 0.1) is 15.6 Å². The molecular formula is C29H31Cl4N3O4S. The van der Waals surface area contributed by atoms with Crippen LogP contribution >= 0.6 is 46.4 Å². The smallest absolute Gasteiger partial charge is 0.264 e. The van der Waals surface area contributed by atoms with Gasteiger partial charge in [-0.2, -0.15) is 0 Å². The fourth-order valence-corrected chi connectivity index (χ4v) is 6.57. The highest BCUT2D eigenvalue weighted by molar-refractivity contribution is 7.92. The van der Waals surface area contributed by atoms with Gasteiger partial charge in [0.15, 0.2) is 0 Å². The third-order valence-electron chi connectivity index (χ3n) is 6.21. The number of benzene rings is 3. The van der Waals surface area contributed by atoms with E-state index in [2.05, 4.69) is 5.32 Å². The summed E-state index contributed by atoms with van der Waals surface area (Å²) in [6, 6.07) is 15.9. The summed E-state index contributed by atoms with van der Waals surface area (Å²) in [7, 11) is -4.26. The van der Waals surface area contributed by atoms with Crippen molar-refractivity contribution in [2.24, 2.45) is 5.92 Å². The van der Waals surface area contributed by atoms with Gasteiger partial charge in [-0.25, -0.2) is 8.42 Å². The van der Waals surface area contributed by atoms with Gasteiger partial charge in [-0.3, -0.25) is 13.9 Å². The van der Waals surface area contributed by atoms with E-state index in [9.17, 15) is 18.0 Å². The number of carbonyl (C=O) groups excluding carboxylic acids is 2. The number of anilines is 1. The molecule has 0 heterocycles. The lowest BCUT2D eigenvalue weighted by Crippen LogP contribution is -2.52. The van der Waals surface area contributed by atoms with E-state index in [0.717, 1.165) is 4.31 Å². The van der Waals surface area contributed by atoms with Crippen molar-refractivity contribution in [1.29, 1.82) is 0 Å². The largest absolute Gasteiger partial charge is 0.354 e. The molecule has 0 radical (unpaired) electrons. The van der Waals surface area contributed by atoms with Crippen molar-refractivity contribution in [2.45, 2.75) is 44.7 Å². The highest BCUT2D eigenvalue weighted by Crippen LogP contribution is 2.33. The number of rotatable bonds is 12. The average molecular weight is 659 g/mol. The summed E-state index contributed by atoms with van der Waals surface area (Å²) >= 11 is 25.0. The van der Waals surface area contributed by atoms with E-state index in [1.54, 1.807) is 43.3 Å². The Morgan fingerprint density at radius 2 is 1.49 bits per heavy atom. The van der Waals surface area contributed by atoms with Crippen LogP contribution in [0.5, 0.6) is 0 Å². The third-order valence-corrected chi connectivity index (χ3v) is 9.11. The molecule has 0 aliphatic heterocycles. The van der Waals surface area contributed by atoms with Gasteiger partial charge in [-0.15, -0.1) is 0 Å². The monoisotopic (exact) mass is 657 g/mol. The van der Waals surface area contributed by atoms with E-state index in [1.807, 2.05) is 13.8 Å². The Labute approximate surface area is 261 Å². The second-order valence-electron chi connectivity index (χ2n) is 9.74. The van der Waals surface area contributed by atoms with Crippen LogP contribution in [0.3, 0.4) is 0 Å². The van der Waals surface area contributed by atoms with E-state index < -0.39 is 28.5 Å². The first-order valence-electron chi connectivity index (χ1n) is 12.9. The normalized spacial score (nSPS) is 12.2. The van der Waals surface area contributed by atoms with E-state index in [1.165, 1.54) is 35.2 Å². The van der Waals surface area contributed by atoms with E-state index in [0.29, 0.717) is 27.2 Å². The molecule has 3 aromatic rings. The van der Waals surface area contributed by atoms with Crippen LogP contribution in [-0.2, 0) is 26.2 Å². The van der Waals surface area contributed by atoms with Crippen molar-refractivity contribution < 1.29 is 18.0 Å². The summed E-state index contributed by atoms with van der Waals surface area (Å²) in [5, 5.41) is 3.94. The van der Waals surface area contributed by atoms with Crippen LogP contribution in [0, 0.1) is 5.92 Å². The lowest BCUT2D eigenvalue weighted by molar-refractivity contribution is -0.140. The molecule has 0 bridgehead atoms. The van der Waals surface area contributed by atoms with Crippen molar-refractivity contribution in [2.75, 3.05) is 17.4 Å². The van der Waals surface area contributed by atoms with Crippen LogP contribution in [0.2, 0.25) is 20.1 Å². The summed E-state index contributed by atoms with van der Waals surface area (Å²) in [5.41, 5.74) is 0.608. The van der Waals surface area contributed by atoms with E-state index in [4.69, 9.17) is 46.4 Å². The molecule has 41 heavy (non-hydrogen) atoms. The lowest BCUT2D eigenvalue weighted by atomic mass is 10.1. The Morgan fingerprint density at radius 1 is 0.878 bits per heavy atom. The van der Waals surface area contributed by atoms with Crippen molar-refractivity contribution in [3.63, 3.8) is 0 Å². The number of carbonyl (C=O) groups is 2. The van der Waals surface area contributed by atoms with Crippen LogP contribution in [0.1, 0.15) is 32.8 Å². The van der Waals surface area contributed by atoms with Crippen molar-refractivity contribution in [3.8, 4) is 0 Å². The fraction of sp³-hybridized carbons (Fsp3) is 0.310. The van der Waals surface area contributed by atoms with Gasteiger partial charge in [0.1, 0.15) is 12.6 Å². The quantitative estimate of drug-likeness (QED) is 0.225. The minimum absolute atomic E-state index is 0.0344. The molecule has 0 spiro atoms. The highest BCUT2D eigenvalue weighted by atomic mass is 35.5. The molecule has 12 heteroatoms. The Kier molecular flexibility index (Phi) is 11.8. The molecule has 0 fully saturated rings. The van der Waals surface area contributed by atoms with Gasteiger partial charge in [0.25, 0.3) is 10.0 Å². The topological polar surface area (TPSA) is 86.8 Å². The minimum Gasteiger partial charge on any atom is -0.354 e. The molecule has 0 saturated heterocycles. The molecule has 3 aromatic carbocycles. The Hall–Kier alpha value is -2.49. The number of halogens is 4. The van der Waals surface area contributed by atoms with Gasteiger partial charge in [-0.05, 0) is 60.4 Å². The van der Waals surface area contributed by atoms with Crippen LogP contribution in [-0.4, -0.2) is 44.3 Å². The van der Waals surface area contributed by atoms with Crippen LogP contribution in [0.4, 0.5) is 5.69 Å². The number of hydrogen-bond donors (Lipinski definition) is 1. The maximum absolute atomic E-state index is 14.1. The maximum atomic E-state index is 14.1. The first-order valence-corrected chi connectivity index (χ1v) is 15.8. The Balaban J connectivity index is 2.09. The van der Waals surface area contributed by atoms with Crippen molar-refractivity contribution in [1.82, 2.24) is 10.2 Å². The molecule has 220 valence electrons. The molecule has 3 rings (SSSR count). The van der Waals surface area contributed by atoms with E-state index >= 15 is 0 Å². The second-order valence-corrected chi connectivity index (χ2v) is 13.3. The van der Waals surface area contributed by atoms with E-state index in [-0.39, 0.29) is 40.4 Å². The number of nitrogens with one attached hydrogen (secondary N) is 1. The molecule has 1 atom stereocenters. The second kappa shape index (κ2) is 14.6. The van der Waals surface area contributed by atoms with Crippen molar-refractivity contribution >= 4 is 73.9 Å². The number of nitrogens with zero attached hydrogens (tertiary/aromatic N) is 2. The SMILES string of the molecule is CCC(C(=O)NCC(C)C)N(Cc1ccc(Cl)cc1Cl)C(=O)CN(c1ccc(Cl)cc1Cl)S(=O)(=O)c1ccccc1. The maximum Gasteiger partial charge on any atom is 0.264 e. The molecule has 7 nitrogen and oxygen atoms in total. The molecule has 0 aromatic heterocycles. The predicted octanol–water partition coefficient (Wildman–Crippen LogP) is 7.08. The third kappa shape index (κ3) is 8.52. The standard InChI is InChI=1S/C29H31Cl4N3O4S/c1-4-26(29(38)34-16-19(2)3)35(17-20-10-11-21(30)14-24(20)32)28(37)18-36(27-13-12-22(31)15-25(27)33)41(39,40)23-8-6-5-7-9-23/h5-15,19,26H,4,16-18H2,1-3H3,(H,34,38). The fourth-order valence-electron chi connectivity index (χ4n) is 4.09. The molecule has 2 amide bonds. The summed E-state index contributed by atoms with van der Waals surface area (Å²) in [6.45, 7) is 5.40. The zero-order valence-corrected chi connectivity index (χ0v) is 26.6. The molecule has 1 N–H and O–H groups in total.